The van der Waals surface area contributed by atoms with E-state index in [0.29, 0.717) is 0 Å². The summed E-state index contributed by atoms with van der Waals surface area (Å²) in [5.74, 6) is 0. The van der Waals surface area contributed by atoms with E-state index < -0.39 is 0 Å². The minimum atomic E-state index is -0.135. The Hall–Kier alpha value is -10.8. The lowest BCUT2D eigenvalue weighted by Crippen LogP contribution is -2.64. The van der Waals surface area contributed by atoms with E-state index in [1.54, 1.807) is 0 Å². The van der Waals surface area contributed by atoms with Crippen molar-refractivity contribution >= 4 is 167 Å². The highest BCUT2D eigenvalue weighted by atomic mass is 15.2. The Morgan fingerprint density at radius 2 is 0.500 bits per heavy atom. The molecule has 13 aromatic carbocycles. The fourth-order valence-corrected chi connectivity index (χ4v) is 15.7. The van der Waals surface area contributed by atoms with E-state index in [-0.39, 0.29) is 13.4 Å². The summed E-state index contributed by atoms with van der Waals surface area (Å²) in [6.45, 7) is -0.270. The molecule has 19 rings (SSSR count). The highest BCUT2D eigenvalue weighted by molar-refractivity contribution is 7.03. The number of para-hydroxylation sites is 6. The smallest absolute Gasteiger partial charge is 0.252 e. The van der Waals surface area contributed by atoms with Gasteiger partial charge in [-0.15, -0.1) is 0 Å². The molecule has 0 amide bonds. The van der Waals surface area contributed by atoms with E-state index >= 15 is 0 Å². The first kappa shape index (κ1) is 45.9. The predicted molar refractivity (Wildman–Crippen MR) is 359 cm³/mol. The molecule has 6 heterocycles. The van der Waals surface area contributed by atoms with Crippen molar-refractivity contribution in [3.63, 3.8) is 0 Å². The van der Waals surface area contributed by atoms with Gasteiger partial charge in [0.05, 0.1) is 11.0 Å². The largest absolute Gasteiger partial charge is 0.311 e. The Kier molecular flexibility index (Phi) is 9.48. The summed E-state index contributed by atoms with van der Waals surface area (Å²) >= 11 is 0. The van der Waals surface area contributed by atoms with Crippen molar-refractivity contribution in [3.8, 4) is 11.4 Å². The Bertz CT molecular complexity index is 5210. The Labute approximate surface area is 485 Å². The van der Waals surface area contributed by atoms with Gasteiger partial charge in [0, 0.05) is 78.1 Å². The SMILES string of the molecule is c1ccc(N2c3cc4c(cc3B3c5c2cccc5-n2c5ccccc5c5ccccc5c5ccccc5c5cccc3c52)B2c3c(cccc3-n3c5ccccc5c5ccccc5c5ccccc5c5cccc2c53)N4c2ccccc2)cc1. The van der Waals surface area contributed by atoms with Crippen molar-refractivity contribution in [3.05, 3.63) is 291 Å². The number of benzene rings is 13. The number of hydrogen-bond donors (Lipinski definition) is 0. The molecule has 84 heavy (non-hydrogen) atoms. The van der Waals surface area contributed by atoms with E-state index in [1.165, 1.54) is 143 Å². The zero-order valence-electron chi connectivity index (χ0n) is 45.7. The van der Waals surface area contributed by atoms with E-state index in [0.717, 1.165) is 22.4 Å². The van der Waals surface area contributed by atoms with Crippen LogP contribution in [0.4, 0.5) is 34.1 Å². The van der Waals surface area contributed by atoms with Gasteiger partial charge in [0.15, 0.2) is 0 Å². The molecule has 0 N–H and O–H groups in total. The second-order valence-electron chi connectivity index (χ2n) is 23.0. The number of hydrogen-bond acceptors (Lipinski definition) is 2. The van der Waals surface area contributed by atoms with Gasteiger partial charge < -0.3 is 18.9 Å². The topological polar surface area (TPSA) is 16.3 Å². The predicted octanol–water partition coefficient (Wildman–Crippen LogP) is 16.0. The van der Waals surface area contributed by atoms with Crippen molar-refractivity contribution in [1.82, 2.24) is 9.13 Å². The third-order valence-corrected chi connectivity index (χ3v) is 18.9. The molecule has 0 saturated heterocycles. The van der Waals surface area contributed by atoms with Gasteiger partial charge in [0.25, 0.3) is 13.4 Å². The number of aromatic nitrogens is 2. The van der Waals surface area contributed by atoms with Gasteiger partial charge >= 0.3 is 0 Å². The summed E-state index contributed by atoms with van der Waals surface area (Å²) in [7, 11) is 0. The summed E-state index contributed by atoms with van der Waals surface area (Å²) in [6, 6.07) is 110. The molecule has 0 saturated carbocycles. The van der Waals surface area contributed by atoms with Crippen LogP contribution in [0, 0.1) is 0 Å². The van der Waals surface area contributed by atoms with Crippen LogP contribution in [0.3, 0.4) is 0 Å². The molecular formula is C78H48B2N4. The lowest BCUT2D eigenvalue weighted by Gasteiger charge is -2.44. The van der Waals surface area contributed by atoms with Gasteiger partial charge in [-0.05, 0) is 143 Å². The van der Waals surface area contributed by atoms with Gasteiger partial charge in [0.1, 0.15) is 0 Å². The van der Waals surface area contributed by atoms with E-state index in [9.17, 15) is 0 Å². The summed E-state index contributed by atoms with van der Waals surface area (Å²) in [6.07, 6.45) is 0. The van der Waals surface area contributed by atoms with Crippen molar-refractivity contribution in [1.29, 1.82) is 0 Å². The monoisotopic (exact) mass is 1060 g/mol. The fraction of sp³-hybridized carbons (Fsp3) is 0. The standard InChI is InChI=1S/C78H48B2N4/c1-3-23-49(24-4-1)81-69-43-21-45-71-75(69)79(63-39-19-37-61-57-33-13-9-29-53(57)51-27-7-11-31-55(51)59-35-15-17-41-67(59)83(71)77(61)63)65-47-66-74(48-73(65)81)82(50-25-5-2-6-26-50)70-44-22-46-72-76(70)80(66)64-40-20-38-62-58-34-14-10-30-54(58)52-28-8-12-32-56(52)60-36-16-18-42-68(60)84(72)78(62)64/h1-48H. The highest BCUT2D eigenvalue weighted by Crippen LogP contribution is 2.46. The molecule has 4 nitrogen and oxygen atoms in total. The van der Waals surface area contributed by atoms with Crippen LogP contribution >= 0.6 is 0 Å². The molecule has 4 aliphatic rings. The van der Waals surface area contributed by atoms with Crippen LogP contribution in [0.2, 0.25) is 0 Å². The van der Waals surface area contributed by atoms with Crippen LogP contribution in [-0.2, 0) is 0 Å². The zero-order valence-corrected chi connectivity index (χ0v) is 45.7. The number of fused-ring (bicyclic) bond motifs is 22. The summed E-state index contributed by atoms with van der Waals surface area (Å²) in [5, 5.41) is 14.7. The second kappa shape index (κ2) is 17.4. The number of anilines is 6. The van der Waals surface area contributed by atoms with Crippen molar-refractivity contribution in [2.24, 2.45) is 0 Å². The molecule has 2 aromatic heterocycles. The number of nitrogens with zero attached hydrogens (tertiary/aromatic N) is 4. The quantitative estimate of drug-likeness (QED) is 0.160. The molecule has 15 aromatic rings. The Morgan fingerprint density at radius 1 is 0.202 bits per heavy atom. The Balaban J connectivity index is 1.01. The van der Waals surface area contributed by atoms with Crippen LogP contribution in [0.1, 0.15) is 0 Å². The van der Waals surface area contributed by atoms with Gasteiger partial charge in [-0.25, -0.2) is 0 Å². The molecule has 0 aliphatic carbocycles. The first-order chi connectivity index (χ1) is 41.8. The maximum Gasteiger partial charge on any atom is 0.252 e. The van der Waals surface area contributed by atoms with Crippen LogP contribution in [0.15, 0.2) is 291 Å². The molecular weight excluding hydrogens is 1010 g/mol. The third-order valence-electron chi connectivity index (χ3n) is 18.9. The number of rotatable bonds is 2. The maximum atomic E-state index is 2.66. The molecule has 4 aliphatic heterocycles. The van der Waals surface area contributed by atoms with Crippen LogP contribution in [0.25, 0.3) is 98.1 Å². The molecule has 0 fully saturated rings. The van der Waals surface area contributed by atoms with Crippen molar-refractivity contribution in [2.75, 3.05) is 9.80 Å². The van der Waals surface area contributed by atoms with Crippen LogP contribution in [-0.4, -0.2) is 22.6 Å². The second-order valence-corrected chi connectivity index (χ2v) is 23.0. The summed E-state index contributed by atoms with van der Waals surface area (Å²) in [5.41, 5.74) is 21.9. The molecule has 0 spiro atoms. The van der Waals surface area contributed by atoms with Crippen molar-refractivity contribution in [2.45, 2.75) is 0 Å². The summed E-state index contributed by atoms with van der Waals surface area (Å²) < 4.78 is 5.24. The average Bonchev–Trinajstić information content (AvgIpc) is 1.10. The maximum absolute atomic E-state index is 2.66. The molecule has 0 bridgehead atoms. The highest BCUT2D eigenvalue weighted by Gasteiger charge is 2.46. The van der Waals surface area contributed by atoms with E-state index in [1.807, 2.05) is 0 Å². The van der Waals surface area contributed by atoms with Gasteiger partial charge in [-0.2, -0.15) is 0 Å². The minimum absolute atomic E-state index is 0.135. The van der Waals surface area contributed by atoms with Gasteiger partial charge in [-0.1, -0.05) is 224 Å². The van der Waals surface area contributed by atoms with Crippen LogP contribution in [0.5, 0.6) is 0 Å². The fourth-order valence-electron chi connectivity index (χ4n) is 15.7. The minimum Gasteiger partial charge on any atom is -0.311 e. The first-order valence-corrected chi connectivity index (χ1v) is 29.3. The molecule has 0 atom stereocenters. The lowest BCUT2D eigenvalue weighted by atomic mass is 9.30. The summed E-state index contributed by atoms with van der Waals surface area (Å²) in [4.78, 5) is 5.13. The normalized spacial score (nSPS) is 13.1. The Morgan fingerprint density at radius 3 is 0.893 bits per heavy atom. The molecule has 386 valence electrons. The van der Waals surface area contributed by atoms with Gasteiger partial charge in [0.2, 0.25) is 0 Å². The zero-order chi connectivity index (χ0) is 54.7. The van der Waals surface area contributed by atoms with Crippen molar-refractivity contribution < 1.29 is 0 Å². The molecule has 6 heteroatoms. The first-order valence-electron chi connectivity index (χ1n) is 29.3. The lowest BCUT2D eigenvalue weighted by molar-refractivity contribution is 1.16. The van der Waals surface area contributed by atoms with Crippen LogP contribution < -0.4 is 42.6 Å². The average molecular weight is 1060 g/mol. The molecule has 0 unspecified atom stereocenters. The third kappa shape index (κ3) is 6.13. The molecule has 0 radical (unpaired) electrons. The van der Waals surface area contributed by atoms with E-state index in [2.05, 4.69) is 310 Å². The van der Waals surface area contributed by atoms with Gasteiger partial charge in [-0.3, -0.25) is 0 Å². The van der Waals surface area contributed by atoms with E-state index in [4.69, 9.17) is 0 Å².